The Bertz CT molecular complexity index is 892. The zero-order chi connectivity index (χ0) is 25.0. The summed E-state index contributed by atoms with van der Waals surface area (Å²) in [6, 6.07) is 17.5. The predicted molar refractivity (Wildman–Crippen MR) is 115 cm³/mol. The molecule has 0 saturated carbocycles. The molecule has 1 fully saturated rings. The molecule has 1 unspecified atom stereocenters. The first-order valence-electron chi connectivity index (χ1n) is 10.4. The van der Waals surface area contributed by atoms with Crippen molar-refractivity contribution in [3.05, 3.63) is 60.2 Å². The third-order valence-electron chi connectivity index (χ3n) is 4.65. The largest absolute Gasteiger partial charge is 0.490 e. The quantitative estimate of drug-likeness (QED) is 0.519. The number of nitrogens with zero attached hydrogens (tertiary/aromatic N) is 1. The van der Waals surface area contributed by atoms with Crippen molar-refractivity contribution in [2.24, 2.45) is 0 Å². The number of rotatable bonds is 9. The van der Waals surface area contributed by atoms with Crippen LogP contribution in [0.5, 0.6) is 11.5 Å². The Hall–Kier alpha value is -3.31. The van der Waals surface area contributed by atoms with Gasteiger partial charge in [-0.3, -0.25) is 9.69 Å². The van der Waals surface area contributed by atoms with Crippen LogP contribution in [0.25, 0.3) is 0 Å². The molecule has 8 nitrogen and oxygen atoms in total. The fraction of sp³-hybridized carbons (Fsp3) is 0.391. The van der Waals surface area contributed by atoms with Gasteiger partial charge in [-0.25, -0.2) is 4.79 Å². The van der Waals surface area contributed by atoms with Crippen molar-refractivity contribution < 1.29 is 47.2 Å². The molecule has 0 radical (unpaired) electrons. The second-order valence-electron chi connectivity index (χ2n) is 7.19. The van der Waals surface area contributed by atoms with Crippen molar-refractivity contribution in [1.29, 1.82) is 0 Å². The van der Waals surface area contributed by atoms with E-state index in [1.54, 1.807) is 0 Å². The first-order valence-corrected chi connectivity index (χ1v) is 10.4. The van der Waals surface area contributed by atoms with Gasteiger partial charge in [0.1, 0.15) is 24.7 Å². The third-order valence-corrected chi connectivity index (χ3v) is 4.65. The summed E-state index contributed by atoms with van der Waals surface area (Å²) < 4.78 is 48.9. The average Bonchev–Trinajstić information content (AvgIpc) is 2.81. The molecule has 0 amide bonds. The molecule has 11 heteroatoms. The summed E-state index contributed by atoms with van der Waals surface area (Å²) in [7, 11) is 0. The molecule has 34 heavy (non-hydrogen) atoms. The van der Waals surface area contributed by atoms with Crippen molar-refractivity contribution in [3.63, 3.8) is 0 Å². The highest BCUT2D eigenvalue weighted by molar-refractivity contribution is 5.73. The average molecular weight is 485 g/mol. The number of para-hydroxylation sites is 1. The van der Waals surface area contributed by atoms with E-state index in [-0.39, 0.29) is 12.5 Å². The maximum atomic E-state index is 10.7. The van der Waals surface area contributed by atoms with Crippen molar-refractivity contribution in [1.82, 2.24) is 4.90 Å². The molecular weight excluding hydrogens is 459 g/mol. The van der Waals surface area contributed by atoms with Crippen LogP contribution >= 0.6 is 0 Å². The first-order chi connectivity index (χ1) is 16.1. The number of aliphatic carboxylic acids is 2. The molecule has 0 bridgehead atoms. The summed E-state index contributed by atoms with van der Waals surface area (Å²) in [6.45, 7) is 3.59. The van der Waals surface area contributed by atoms with Gasteiger partial charge in [-0.15, -0.1) is 0 Å². The van der Waals surface area contributed by atoms with Crippen LogP contribution in [0, 0.1) is 0 Å². The number of alkyl halides is 3. The first kappa shape index (κ1) is 26.9. The second-order valence-corrected chi connectivity index (χ2v) is 7.19. The van der Waals surface area contributed by atoms with Crippen LogP contribution in [0.15, 0.2) is 54.6 Å². The Morgan fingerprint density at radius 2 is 1.53 bits per heavy atom. The molecule has 1 aliphatic rings. The fourth-order valence-electron chi connectivity index (χ4n) is 2.98. The van der Waals surface area contributed by atoms with Crippen LogP contribution < -0.4 is 9.47 Å². The molecular formula is C23H26F3NO7. The number of ether oxygens (including phenoxy) is 3. The molecule has 2 N–H and O–H groups in total. The minimum atomic E-state index is -5.08. The van der Waals surface area contributed by atoms with Crippen molar-refractivity contribution in [2.75, 3.05) is 39.5 Å². The van der Waals surface area contributed by atoms with Crippen LogP contribution in [-0.4, -0.2) is 72.7 Å². The highest BCUT2D eigenvalue weighted by Gasteiger charge is 2.38. The molecule has 1 heterocycles. The normalized spacial score (nSPS) is 16.1. The lowest BCUT2D eigenvalue weighted by Crippen LogP contribution is -2.39. The molecule has 3 rings (SSSR count). The van der Waals surface area contributed by atoms with E-state index < -0.39 is 18.1 Å². The van der Waals surface area contributed by atoms with Gasteiger partial charge in [-0.1, -0.05) is 30.3 Å². The summed E-state index contributed by atoms with van der Waals surface area (Å²) in [5, 5.41) is 16.0. The number of carboxylic acid groups (broad SMARTS) is 2. The minimum absolute atomic E-state index is 0.0389. The summed E-state index contributed by atoms with van der Waals surface area (Å²) in [5.41, 5.74) is 1.07. The molecule has 2 aromatic rings. The molecule has 1 saturated heterocycles. The fourth-order valence-corrected chi connectivity index (χ4v) is 2.98. The topological polar surface area (TPSA) is 106 Å². The van der Waals surface area contributed by atoms with Gasteiger partial charge in [0.15, 0.2) is 0 Å². The molecule has 1 atom stereocenters. The van der Waals surface area contributed by atoms with E-state index in [4.69, 9.17) is 29.2 Å². The Kier molecular flexibility index (Phi) is 10.6. The van der Waals surface area contributed by atoms with E-state index in [0.29, 0.717) is 32.9 Å². The van der Waals surface area contributed by atoms with E-state index in [0.717, 1.165) is 23.6 Å². The standard InChI is InChI=1S/C21H25NO5.C2HF3O2/c23-21(24)10-11-22-12-13-27-20(16-22)17-6-8-19(9-7-17)26-15-14-25-18-4-2-1-3-5-18;3-2(4,5)1(6)7/h1-9,20H,10-16H2,(H,23,24);(H,6,7). The number of hydrogen-bond acceptors (Lipinski definition) is 6. The lowest BCUT2D eigenvalue weighted by molar-refractivity contribution is -0.192. The molecule has 0 aliphatic carbocycles. The molecule has 0 aromatic heterocycles. The second kappa shape index (κ2) is 13.4. The number of halogens is 3. The predicted octanol–water partition coefficient (Wildman–Crippen LogP) is 3.63. The van der Waals surface area contributed by atoms with Crippen LogP contribution in [0.4, 0.5) is 13.2 Å². The van der Waals surface area contributed by atoms with Crippen LogP contribution in [0.2, 0.25) is 0 Å². The maximum Gasteiger partial charge on any atom is 0.490 e. The van der Waals surface area contributed by atoms with Crippen molar-refractivity contribution >= 4 is 11.9 Å². The smallest absolute Gasteiger partial charge is 0.490 e. The van der Waals surface area contributed by atoms with Crippen molar-refractivity contribution in [2.45, 2.75) is 18.7 Å². The Labute approximate surface area is 194 Å². The van der Waals surface area contributed by atoms with Gasteiger partial charge < -0.3 is 24.4 Å². The van der Waals surface area contributed by atoms with E-state index in [2.05, 4.69) is 4.90 Å². The van der Waals surface area contributed by atoms with E-state index in [1.165, 1.54) is 0 Å². The van der Waals surface area contributed by atoms with Gasteiger partial charge in [0.25, 0.3) is 0 Å². The Balaban J connectivity index is 0.000000509. The lowest BCUT2D eigenvalue weighted by atomic mass is 10.1. The Morgan fingerprint density at radius 3 is 2.06 bits per heavy atom. The van der Waals surface area contributed by atoms with Crippen LogP contribution in [0.3, 0.4) is 0 Å². The van der Waals surface area contributed by atoms with E-state index in [1.807, 2.05) is 54.6 Å². The minimum Gasteiger partial charge on any atom is -0.490 e. The van der Waals surface area contributed by atoms with Crippen LogP contribution in [-0.2, 0) is 14.3 Å². The SMILES string of the molecule is O=C(O)C(F)(F)F.O=C(O)CCN1CCOC(c2ccc(OCCOc3ccccc3)cc2)C1. The molecule has 2 aromatic carbocycles. The molecule has 0 spiro atoms. The zero-order valence-corrected chi connectivity index (χ0v) is 18.2. The van der Waals surface area contributed by atoms with Crippen LogP contribution in [0.1, 0.15) is 18.1 Å². The van der Waals surface area contributed by atoms with Gasteiger partial charge in [0, 0.05) is 19.6 Å². The Morgan fingerprint density at radius 1 is 0.971 bits per heavy atom. The highest BCUT2D eigenvalue weighted by Crippen LogP contribution is 2.24. The lowest BCUT2D eigenvalue weighted by Gasteiger charge is -2.32. The van der Waals surface area contributed by atoms with Crippen molar-refractivity contribution in [3.8, 4) is 11.5 Å². The number of carbonyl (C=O) groups is 2. The highest BCUT2D eigenvalue weighted by atomic mass is 19.4. The molecule has 186 valence electrons. The van der Waals surface area contributed by atoms with Gasteiger partial charge in [-0.2, -0.15) is 13.2 Å². The number of carboxylic acids is 2. The number of benzene rings is 2. The number of hydrogen-bond donors (Lipinski definition) is 2. The zero-order valence-electron chi connectivity index (χ0n) is 18.2. The van der Waals surface area contributed by atoms with Gasteiger partial charge >= 0.3 is 18.1 Å². The monoisotopic (exact) mass is 485 g/mol. The maximum absolute atomic E-state index is 10.7. The third kappa shape index (κ3) is 10.1. The van der Waals surface area contributed by atoms with Gasteiger partial charge in [0.2, 0.25) is 0 Å². The van der Waals surface area contributed by atoms with Gasteiger partial charge in [-0.05, 0) is 29.8 Å². The van der Waals surface area contributed by atoms with E-state index in [9.17, 15) is 18.0 Å². The number of morpholine rings is 1. The van der Waals surface area contributed by atoms with Gasteiger partial charge in [0.05, 0.1) is 19.1 Å². The van der Waals surface area contributed by atoms with E-state index >= 15 is 0 Å². The summed E-state index contributed by atoms with van der Waals surface area (Å²) in [4.78, 5) is 21.8. The summed E-state index contributed by atoms with van der Waals surface area (Å²) in [6.07, 6.45) is -4.96. The molecule has 1 aliphatic heterocycles. The summed E-state index contributed by atoms with van der Waals surface area (Å²) in [5.74, 6) is -1.91. The summed E-state index contributed by atoms with van der Waals surface area (Å²) >= 11 is 0.